The lowest BCUT2D eigenvalue weighted by Crippen LogP contribution is -2.41. The Morgan fingerprint density at radius 3 is 2.71 bits per heavy atom. The minimum atomic E-state index is 0. The van der Waals surface area contributed by atoms with E-state index in [-0.39, 0.29) is 24.0 Å². The van der Waals surface area contributed by atoms with Crippen LogP contribution < -0.4 is 15.4 Å². The minimum Gasteiger partial charge on any atom is -0.492 e. The Kier molecular flexibility index (Phi) is 11.4. The summed E-state index contributed by atoms with van der Waals surface area (Å²) in [4.78, 5) is 6.07. The van der Waals surface area contributed by atoms with Gasteiger partial charge >= 0.3 is 0 Å². The van der Waals surface area contributed by atoms with Crippen LogP contribution in [0.1, 0.15) is 23.2 Å². The lowest BCUT2D eigenvalue weighted by atomic mass is 10.2. The smallest absolute Gasteiger partial charge is 0.191 e. The summed E-state index contributed by atoms with van der Waals surface area (Å²) >= 11 is 1.77. The monoisotopic (exact) mass is 554 g/mol. The number of aromatic nitrogens is 3. The lowest BCUT2D eigenvalue weighted by molar-refractivity contribution is 0.322. The van der Waals surface area contributed by atoms with Crippen LogP contribution in [-0.4, -0.2) is 47.0 Å². The first-order chi connectivity index (χ1) is 14.7. The first-order valence-electron chi connectivity index (χ1n) is 10.4. The van der Waals surface area contributed by atoms with Gasteiger partial charge in [0.25, 0.3) is 0 Å². The molecule has 0 amide bonds. The third-order valence-electron chi connectivity index (χ3n) is 4.55. The van der Waals surface area contributed by atoms with Crippen LogP contribution in [0.2, 0.25) is 0 Å². The molecule has 2 heterocycles. The molecule has 0 spiro atoms. The van der Waals surface area contributed by atoms with Crippen LogP contribution in [-0.2, 0) is 19.4 Å². The summed E-state index contributed by atoms with van der Waals surface area (Å²) in [6.45, 7) is 7.67. The van der Waals surface area contributed by atoms with E-state index < -0.39 is 0 Å². The fourth-order valence-electron chi connectivity index (χ4n) is 2.91. The zero-order chi connectivity index (χ0) is 21.0. The largest absolute Gasteiger partial charge is 0.492 e. The van der Waals surface area contributed by atoms with Gasteiger partial charge in [0, 0.05) is 37.4 Å². The molecule has 7 nitrogen and oxygen atoms in total. The molecular formula is C22H31IN6OS. The van der Waals surface area contributed by atoms with Crippen molar-refractivity contribution in [1.29, 1.82) is 0 Å². The molecule has 1 aromatic carbocycles. The van der Waals surface area contributed by atoms with Gasteiger partial charge in [-0.25, -0.2) is 0 Å². The summed E-state index contributed by atoms with van der Waals surface area (Å²) in [5.41, 5.74) is 1.23. The molecule has 0 saturated heterocycles. The maximum atomic E-state index is 5.80. The molecule has 0 aliphatic heterocycles. The summed E-state index contributed by atoms with van der Waals surface area (Å²) in [6.07, 6.45) is 3.59. The van der Waals surface area contributed by atoms with Crippen LogP contribution in [0.5, 0.6) is 5.75 Å². The highest BCUT2D eigenvalue weighted by Gasteiger charge is 2.03. The first-order valence-corrected chi connectivity index (χ1v) is 11.2. The second-order valence-corrected chi connectivity index (χ2v) is 7.90. The van der Waals surface area contributed by atoms with Gasteiger partial charge in [-0.1, -0.05) is 30.7 Å². The number of nitrogens with one attached hydrogen (secondary N) is 2. The Balaban J connectivity index is 0.00000341. The van der Waals surface area contributed by atoms with Crippen molar-refractivity contribution in [3.63, 3.8) is 0 Å². The molecule has 0 aliphatic rings. The second-order valence-electron chi connectivity index (χ2n) is 6.87. The molecule has 168 valence electrons. The van der Waals surface area contributed by atoms with Gasteiger partial charge in [-0.2, -0.15) is 0 Å². The molecule has 0 unspecified atom stereocenters. The SMILES string of the molecule is CCc1nncn1CCNC(=NCCc1cccs1)NCCOc1ccc(C)cc1.I. The van der Waals surface area contributed by atoms with E-state index in [1.807, 2.05) is 12.1 Å². The first kappa shape index (κ1) is 25.1. The van der Waals surface area contributed by atoms with Crippen LogP contribution >= 0.6 is 35.3 Å². The van der Waals surface area contributed by atoms with Gasteiger partial charge in [0.2, 0.25) is 0 Å². The van der Waals surface area contributed by atoms with E-state index in [2.05, 4.69) is 68.9 Å². The summed E-state index contributed by atoms with van der Waals surface area (Å²) in [5.74, 6) is 2.67. The zero-order valence-corrected chi connectivity index (χ0v) is 21.2. The number of ether oxygens (including phenoxy) is 1. The number of thiophene rings is 1. The number of hydrogen-bond donors (Lipinski definition) is 2. The topological polar surface area (TPSA) is 76.4 Å². The average molecular weight is 555 g/mol. The predicted octanol–water partition coefficient (Wildman–Crippen LogP) is 3.69. The summed E-state index contributed by atoms with van der Waals surface area (Å²) < 4.78 is 7.87. The van der Waals surface area contributed by atoms with E-state index in [1.54, 1.807) is 17.7 Å². The zero-order valence-electron chi connectivity index (χ0n) is 18.1. The Bertz CT molecular complexity index is 895. The van der Waals surface area contributed by atoms with Gasteiger partial charge in [-0.15, -0.1) is 45.5 Å². The molecule has 0 fully saturated rings. The van der Waals surface area contributed by atoms with Gasteiger partial charge in [0.1, 0.15) is 24.5 Å². The highest BCUT2D eigenvalue weighted by atomic mass is 127. The van der Waals surface area contributed by atoms with Crippen molar-refractivity contribution < 1.29 is 4.74 Å². The molecule has 3 rings (SSSR count). The maximum Gasteiger partial charge on any atom is 0.191 e. The summed E-state index contributed by atoms with van der Waals surface area (Å²) in [5, 5.41) is 17.0. The fourth-order valence-corrected chi connectivity index (χ4v) is 3.61. The van der Waals surface area contributed by atoms with Crippen LogP contribution in [0, 0.1) is 6.92 Å². The van der Waals surface area contributed by atoms with Crippen LogP contribution in [0.15, 0.2) is 53.1 Å². The third-order valence-corrected chi connectivity index (χ3v) is 5.49. The highest BCUT2D eigenvalue weighted by molar-refractivity contribution is 14.0. The molecule has 0 atom stereocenters. The van der Waals surface area contributed by atoms with Crippen molar-refractivity contribution in [2.45, 2.75) is 33.2 Å². The third kappa shape index (κ3) is 8.86. The van der Waals surface area contributed by atoms with Gasteiger partial charge in [0.05, 0.1) is 6.54 Å². The van der Waals surface area contributed by atoms with E-state index in [9.17, 15) is 0 Å². The van der Waals surface area contributed by atoms with Crippen molar-refractivity contribution in [3.8, 4) is 5.75 Å². The van der Waals surface area contributed by atoms with E-state index in [0.717, 1.165) is 50.0 Å². The second kappa shape index (κ2) is 14.0. The number of rotatable bonds is 11. The van der Waals surface area contributed by atoms with Gasteiger partial charge in [-0.05, 0) is 30.5 Å². The predicted molar refractivity (Wildman–Crippen MR) is 138 cm³/mol. The molecule has 2 aromatic heterocycles. The van der Waals surface area contributed by atoms with Crippen LogP contribution in [0.4, 0.5) is 0 Å². The van der Waals surface area contributed by atoms with Gasteiger partial charge in [-0.3, -0.25) is 4.99 Å². The van der Waals surface area contributed by atoms with E-state index in [0.29, 0.717) is 13.2 Å². The Morgan fingerprint density at radius 1 is 1.16 bits per heavy atom. The number of benzene rings is 1. The van der Waals surface area contributed by atoms with Crippen LogP contribution in [0.25, 0.3) is 0 Å². The number of halogens is 1. The average Bonchev–Trinajstić information content (AvgIpc) is 3.44. The number of hydrogen-bond acceptors (Lipinski definition) is 5. The molecule has 31 heavy (non-hydrogen) atoms. The molecule has 2 N–H and O–H groups in total. The van der Waals surface area contributed by atoms with E-state index >= 15 is 0 Å². The summed E-state index contributed by atoms with van der Waals surface area (Å²) in [7, 11) is 0. The maximum absolute atomic E-state index is 5.80. The molecular weight excluding hydrogens is 523 g/mol. The number of aliphatic imine (C=N–C) groups is 1. The Labute approximate surface area is 205 Å². The van der Waals surface area contributed by atoms with Crippen LogP contribution in [0.3, 0.4) is 0 Å². The van der Waals surface area contributed by atoms with Crippen molar-refractivity contribution in [3.05, 3.63) is 64.4 Å². The standard InChI is InChI=1S/C22H30N6OS.HI/c1-3-21-27-26-17-28(21)14-12-24-22(23-11-10-20-5-4-16-30-20)25-13-15-29-19-8-6-18(2)7-9-19;/h4-9,16-17H,3,10-15H2,1-2H3,(H2,23,24,25);1H. The number of aryl methyl sites for hydroxylation is 2. The normalized spacial score (nSPS) is 11.1. The van der Waals surface area contributed by atoms with E-state index in [4.69, 9.17) is 9.73 Å². The molecule has 0 aliphatic carbocycles. The van der Waals surface area contributed by atoms with Crippen molar-refractivity contribution >= 4 is 41.3 Å². The summed E-state index contributed by atoms with van der Waals surface area (Å²) in [6, 6.07) is 12.3. The molecule has 0 bridgehead atoms. The lowest BCUT2D eigenvalue weighted by Gasteiger charge is -2.14. The molecule has 0 radical (unpaired) electrons. The Hall–Kier alpha value is -2.14. The fraction of sp³-hybridized carbons (Fsp3) is 0.409. The van der Waals surface area contributed by atoms with E-state index in [1.165, 1.54) is 10.4 Å². The number of guanidine groups is 1. The van der Waals surface area contributed by atoms with Crippen molar-refractivity contribution in [2.24, 2.45) is 4.99 Å². The molecule has 3 aromatic rings. The Morgan fingerprint density at radius 2 is 1.97 bits per heavy atom. The van der Waals surface area contributed by atoms with Crippen molar-refractivity contribution in [1.82, 2.24) is 25.4 Å². The highest BCUT2D eigenvalue weighted by Crippen LogP contribution is 2.11. The van der Waals surface area contributed by atoms with Crippen molar-refractivity contribution in [2.75, 3.05) is 26.2 Å². The molecule has 0 saturated carbocycles. The quantitative estimate of drug-likeness (QED) is 0.164. The minimum absolute atomic E-state index is 0. The van der Waals surface area contributed by atoms with Gasteiger partial charge in [0.15, 0.2) is 5.96 Å². The molecule has 9 heteroatoms. The van der Waals surface area contributed by atoms with Gasteiger partial charge < -0.3 is 19.9 Å². The number of nitrogens with zero attached hydrogens (tertiary/aromatic N) is 4.